The van der Waals surface area contributed by atoms with Crippen molar-refractivity contribution >= 4 is 23.8 Å². The molecule has 5 nitrogen and oxygen atoms in total. The number of amides is 2. The molecule has 0 saturated carbocycles. The minimum absolute atomic E-state index is 0.0651. The predicted molar refractivity (Wildman–Crippen MR) is 68.3 cm³/mol. The fourth-order valence-electron chi connectivity index (χ4n) is 1.71. The summed E-state index contributed by atoms with van der Waals surface area (Å²) in [7, 11) is 0. The van der Waals surface area contributed by atoms with Crippen molar-refractivity contribution in [3.05, 3.63) is 0 Å². The van der Waals surface area contributed by atoms with Crippen molar-refractivity contribution in [1.82, 2.24) is 10.2 Å². The monoisotopic (exact) mass is 260 g/mol. The highest BCUT2D eigenvalue weighted by atomic mass is 32.2. The van der Waals surface area contributed by atoms with Crippen LogP contribution in [0.3, 0.4) is 0 Å². The van der Waals surface area contributed by atoms with Crippen molar-refractivity contribution in [3.63, 3.8) is 0 Å². The van der Waals surface area contributed by atoms with Crippen molar-refractivity contribution in [1.29, 1.82) is 0 Å². The minimum atomic E-state index is -0.820. The summed E-state index contributed by atoms with van der Waals surface area (Å²) < 4.78 is 0. The number of urea groups is 1. The lowest BCUT2D eigenvalue weighted by Crippen LogP contribution is -2.42. The quantitative estimate of drug-likeness (QED) is 0.746. The van der Waals surface area contributed by atoms with E-state index in [0.717, 1.165) is 24.6 Å². The molecular formula is C11H20N2O3S. The molecule has 1 aliphatic heterocycles. The molecule has 2 N–H and O–H groups in total. The van der Waals surface area contributed by atoms with E-state index < -0.39 is 5.97 Å². The first-order valence-electron chi connectivity index (χ1n) is 5.92. The Bertz CT molecular complexity index is 273. The number of carbonyl (C=O) groups is 2. The van der Waals surface area contributed by atoms with Crippen LogP contribution in [-0.4, -0.2) is 53.1 Å². The van der Waals surface area contributed by atoms with Gasteiger partial charge in [-0.3, -0.25) is 4.79 Å². The largest absolute Gasteiger partial charge is 0.481 e. The number of carboxylic acid groups (broad SMARTS) is 1. The molecule has 0 aromatic rings. The topological polar surface area (TPSA) is 69.6 Å². The number of carbonyl (C=O) groups excluding carboxylic acids is 1. The smallest absolute Gasteiger partial charge is 0.317 e. The van der Waals surface area contributed by atoms with E-state index in [0.29, 0.717) is 18.9 Å². The summed E-state index contributed by atoms with van der Waals surface area (Å²) >= 11 is 1.88. The standard InChI is InChI=1S/C11H20N2O3S/c1-9-7-13(5-6-17-8-9)11(16)12-4-2-3-10(14)15/h9H,2-8H2,1H3,(H,12,16)(H,14,15). The zero-order chi connectivity index (χ0) is 12.7. The second-order valence-electron chi connectivity index (χ2n) is 4.36. The maximum atomic E-state index is 11.8. The van der Waals surface area contributed by atoms with E-state index >= 15 is 0 Å². The Kier molecular flexibility index (Phi) is 6.18. The van der Waals surface area contributed by atoms with Crippen molar-refractivity contribution in [2.45, 2.75) is 19.8 Å². The molecule has 0 aliphatic carbocycles. The first-order valence-corrected chi connectivity index (χ1v) is 7.07. The maximum Gasteiger partial charge on any atom is 0.317 e. The van der Waals surface area contributed by atoms with E-state index in [1.54, 1.807) is 0 Å². The molecule has 0 aromatic heterocycles. The number of nitrogens with zero attached hydrogens (tertiary/aromatic N) is 1. The Balaban J connectivity index is 2.23. The molecule has 17 heavy (non-hydrogen) atoms. The lowest BCUT2D eigenvalue weighted by Gasteiger charge is -2.22. The van der Waals surface area contributed by atoms with Gasteiger partial charge in [0.1, 0.15) is 0 Å². The van der Waals surface area contributed by atoms with Crippen LogP contribution in [0.15, 0.2) is 0 Å². The molecule has 6 heteroatoms. The van der Waals surface area contributed by atoms with Crippen molar-refractivity contribution in [2.75, 3.05) is 31.1 Å². The maximum absolute atomic E-state index is 11.8. The van der Waals surface area contributed by atoms with E-state index in [-0.39, 0.29) is 12.5 Å². The Morgan fingerprint density at radius 1 is 1.53 bits per heavy atom. The molecule has 0 spiro atoms. The van der Waals surface area contributed by atoms with Crippen LogP contribution in [0.5, 0.6) is 0 Å². The summed E-state index contributed by atoms with van der Waals surface area (Å²) in [6.45, 7) is 4.14. The third-order valence-electron chi connectivity index (χ3n) is 2.57. The summed E-state index contributed by atoms with van der Waals surface area (Å²) in [6, 6.07) is -0.0651. The van der Waals surface area contributed by atoms with Gasteiger partial charge in [-0.05, 0) is 18.1 Å². The van der Waals surface area contributed by atoms with Crippen molar-refractivity contribution in [3.8, 4) is 0 Å². The van der Waals surface area contributed by atoms with Gasteiger partial charge in [-0.25, -0.2) is 4.79 Å². The molecule has 1 fully saturated rings. The van der Waals surface area contributed by atoms with Gasteiger partial charge in [0.2, 0.25) is 0 Å². The van der Waals surface area contributed by atoms with E-state index in [1.165, 1.54) is 0 Å². The second kappa shape index (κ2) is 7.42. The van der Waals surface area contributed by atoms with Gasteiger partial charge in [-0.2, -0.15) is 11.8 Å². The summed E-state index contributed by atoms with van der Waals surface area (Å²) in [5, 5.41) is 11.2. The highest BCUT2D eigenvalue weighted by molar-refractivity contribution is 7.99. The van der Waals surface area contributed by atoms with Crippen LogP contribution >= 0.6 is 11.8 Å². The van der Waals surface area contributed by atoms with Gasteiger partial charge in [0.25, 0.3) is 0 Å². The lowest BCUT2D eigenvalue weighted by atomic mass is 10.2. The first kappa shape index (κ1) is 14.2. The van der Waals surface area contributed by atoms with Gasteiger partial charge in [0.15, 0.2) is 0 Å². The molecule has 1 aliphatic rings. The van der Waals surface area contributed by atoms with Crippen molar-refractivity contribution < 1.29 is 14.7 Å². The van der Waals surface area contributed by atoms with Crippen LogP contribution in [-0.2, 0) is 4.79 Å². The van der Waals surface area contributed by atoms with Crippen molar-refractivity contribution in [2.24, 2.45) is 5.92 Å². The van der Waals surface area contributed by atoms with Crippen LogP contribution in [0.1, 0.15) is 19.8 Å². The molecule has 1 unspecified atom stereocenters. The summed E-state index contributed by atoms with van der Waals surface area (Å²) in [5.74, 6) is 1.78. The van der Waals surface area contributed by atoms with Gasteiger partial charge in [0.05, 0.1) is 0 Å². The first-order chi connectivity index (χ1) is 8.09. The Labute approximate surface area is 106 Å². The lowest BCUT2D eigenvalue weighted by molar-refractivity contribution is -0.137. The Morgan fingerprint density at radius 2 is 2.29 bits per heavy atom. The fourth-order valence-corrected chi connectivity index (χ4v) is 2.73. The van der Waals surface area contributed by atoms with E-state index in [4.69, 9.17) is 5.11 Å². The highest BCUT2D eigenvalue weighted by Crippen LogP contribution is 2.15. The van der Waals surface area contributed by atoms with Crippen LogP contribution in [0.2, 0.25) is 0 Å². The number of aliphatic carboxylic acids is 1. The van der Waals surface area contributed by atoms with E-state index in [2.05, 4.69) is 12.2 Å². The summed E-state index contributed by atoms with van der Waals surface area (Å²) in [4.78, 5) is 23.9. The Hall–Kier alpha value is -0.910. The normalized spacial score (nSPS) is 20.8. The number of hydrogen-bond donors (Lipinski definition) is 2. The fraction of sp³-hybridized carbons (Fsp3) is 0.818. The highest BCUT2D eigenvalue weighted by Gasteiger charge is 2.19. The number of thioether (sulfide) groups is 1. The molecule has 0 radical (unpaired) electrons. The van der Waals surface area contributed by atoms with E-state index in [1.807, 2.05) is 16.7 Å². The van der Waals surface area contributed by atoms with Gasteiger partial charge >= 0.3 is 12.0 Å². The summed E-state index contributed by atoms with van der Waals surface area (Å²) in [6.07, 6.45) is 0.589. The average molecular weight is 260 g/mol. The zero-order valence-corrected chi connectivity index (χ0v) is 11.0. The van der Waals surface area contributed by atoms with Crippen LogP contribution < -0.4 is 5.32 Å². The number of rotatable bonds is 4. The van der Waals surface area contributed by atoms with Gasteiger partial charge in [-0.15, -0.1) is 0 Å². The van der Waals surface area contributed by atoms with Crippen LogP contribution in [0.25, 0.3) is 0 Å². The minimum Gasteiger partial charge on any atom is -0.481 e. The molecule has 1 atom stereocenters. The number of hydrogen-bond acceptors (Lipinski definition) is 3. The average Bonchev–Trinajstić information content (AvgIpc) is 2.48. The third-order valence-corrected chi connectivity index (χ3v) is 3.85. The SMILES string of the molecule is CC1CSCCN(C(=O)NCCCC(=O)O)C1. The molecule has 0 bridgehead atoms. The molecule has 1 saturated heterocycles. The van der Waals surface area contributed by atoms with E-state index in [9.17, 15) is 9.59 Å². The molecule has 0 aromatic carbocycles. The van der Waals surface area contributed by atoms with Gasteiger partial charge in [-0.1, -0.05) is 6.92 Å². The number of nitrogens with one attached hydrogen (secondary N) is 1. The van der Waals surface area contributed by atoms with Crippen LogP contribution in [0.4, 0.5) is 4.79 Å². The van der Waals surface area contributed by atoms with Gasteiger partial charge in [0, 0.05) is 31.8 Å². The Morgan fingerprint density at radius 3 is 3.00 bits per heavy atom. The molecule has 98 valence electrons. The van der Waals surface area contributed by atoms with Crippen LogP contribution in [0, 0.1) is 5.92 Å². The zero-order valence-electron chi connectivity index (χ0n) is 10.1. The predicted octanol–water partition coefficient (Wildman–Crippen LogP) is 1.25. The van der Waals surface area contributed by atoms with Gasteiger partial charge < -0.3 is 15.3 Å². The molecule has 2 amide bonds. The molecule has 1 heterocycles. The summed E-state index contributed by atoms with van der Waals surface area (Å²) in [5.41, 5.74) is 0. The number of carboxylic acids is 1. The molecule has 1 rings (SSSR count). The second-order valence-corrected chi connectivity index (χ2v) is 5.51. The third kappa shape index (κ3) is 5.81. The molecular weight excluding hydrogens is 240 g/mol.